The number of rotatable bonds is 4. The summed E-state index contributed by atoms with van der Waals surface area (Å²) in [6.45, 7) is 0.770. The average molecular weight is 412 g/mol. The van der Waals surface area contributed by atoms with E-state index >= 15 is 0 Å². The van der Waals surface area contributed by atoms with Gasteiger partial charge in [-0.1, -0.05) is 6.07 Å². The molecule has 2 N–H and O–H groups in total. The minimum atomic E-state index is -2.77. The van der Waals surface area contributed by atoms with E-state index in [4.69, 9.17) is 4.74 Å². The van der Waals surface area contributed by atoms with Gasteiger partial charge in [0, 0.05) is 37.3 Å². The van der Waals surface area contributed by atoms with Crippen LogP contribution < -0.4 is 15.4 Å². The Balaban J connectivity index is 0.00000169. The number of nitrogens with one attached hydrogen (secondary N) is 2. The summed E-state index contributed by atoms with van der Waals surface area (Å²) >= 11 is 0. The molecule has 0 aromatic heterocycles. The summed E-state index contributed by atoms with van der Waals surface area (Å²) in [5, 5.41) is 6.08. The zero-order chi connectivity index (χ0) is 17.2. The number of benzene rings is 1. The summed E-state index contributed by atoms with van der Waals surface area (Å²) in [5.41, 5.74) is 0.983. The molecule has 2 saturated heterocycles. The van der Waals surface area contributed by atoms with Crippen molar-refractivity contribution in [1.29, 1.82) is 0 Å². The molecule has 2 heterocycles. The van der Waals surface area contributed by atoms with Crippen molar-refractivity contribution in [2.24, 2.45) is 0 Å². The van der Waals surface area contributed by atoms with Crippen LogP contribution in [-0.2, 0) is 4.79 Å². The second-order valence-electron chi connectivity index (χ2n) is 6.47. The Labute approximate surface area is 164 Å². The molecule has 2 fully saturated rings. The summed E-state index contributed by atoms with van der Waals surface area (Å²) in [6.07, 6.45) is 1.20. The van der Waals surface area contributed by atoms with Crippen molar-refractivity contribution in [1.82, 2.24) is 10.2 Å². The molecule has 0 aliphatic carbocycles. The standard InChI is InChI=1S/C17H23F2N3O2.2ClH/c1-24-14-4-2-3-13(9-14)21-12-5-7-22(8-6-12)16(23)15-10-17(18,19)11-20-15;;/h2-4,9,12,15,20-21H,5-8,10-11H2,1H3;2*1H. The van der Waals surface area contributed by atoms with Gasteiger partial charge in [-0.3, -0.25) is 10.1 Å². The number of ether oxygens (including phenoxy) is 1. The van der Waals surface area contributed by atoms with Crippen LogP contribution in [0.5, 0.6) is 5.75 Å². The van der Waals surface area contributed by atoms with Gasteiger partial charge in [-0.2, -0.15) is 0 Å². The fraction of sp³-hybridized carbons (Fsp3) is 0.588. The van der Waals surface area contributed by atoms with Crippen molar-refractivity contribution in [2.75, 3.05) is 32.1 Å². The van der Waals surface area contributed by atoms with Crippen molar-refractivity contribution in [3.63, 3.8) is 0 Å². The smallest absolute Gasteiger partial charge is 0.262 e. The van der Waals surface area contributed by atoms with E-state index in [1.807, 2.05) is 24.3 Å². The molecule has 1 amide bonds. The van der Waals surface area contributed by atoms with Gasteiger partial charge in [-0.05, 0) is 25.0 Å². The van der Waals surface area contributed by atoms with Crippen molar-refractivity contribution < 1.29 is 18.3 Å². The van der Waals surface area contributed by atoms with Crippen LogP contribution in [0.2, 0.25) is 0 Å². The Kier molecular flexibility index (Phi) is 8.37. The Morgan fingerprint density at radius 2 is 2.00 bits per heavy atom. The van der Waals surface area contributed by atoms with Crippen molar-refractivity contribution >= 4 is 36.4 Å². The molecule has 1 unspecified atom stereocenters. The number of carbonyl (C=O) groups is 1. The molecule has 148 valence electrons. The van der Waals surface area contributed by atoms with E-state index in [2.05, 4.69) is 10.6 Å². The summed E-state index contributed by atoms with van der Waals surface area (Å²) in [4.78, 5) is 14.0. The van der Waals surface area contributed by atoms with Crippen LogP contribution in [0.25, 0.3) is 0 Å². The normalized spacial score (nSPS) is 22.1. The van der Waals surface area contributed by atoms with E-state index in [1.54, 1.807) is 12.0 Å². The topological polar surface area (TPSA) is 53.6 Å². The summed E-state index contributed by atoms with van der Waals surface area (Å²) in [7, 11) is 1.63. The van der Waals surface area contributed by atoms with Crippen LogP contribution in [0.4, 0.5) is 14.5 Å². The lowest BCUT2D eigenvalue weighted by molar-refractivity contribution is -0.134. The van der Waals surface area contributed by atoms with Crippen LogP contribution in [0, 0.1) is 0 Å². The van der Waals surface area contributed by atoms with E-state index in [9.17, 15) is 13.6 Å². The fourth-order valence-corrected chi connectivity index (χ4v) is 3.30. The number of piperidine rings is 1. The van der Waals surface area contributed by atoms with Crippen LogP contribution in [0.3, 0.4) is 0 Å². The minimum Gasteiger partial charge on any atom is -0.497 e. The molecule has 9 heteroatoms. The molecule has 0 bridgehead atoms. The Morgan fingerprint density at radius 3 is 2.58 bits per heavy atom. The van der Waals surface area contributed by atoms with Gasteiger partial charge in [0.05, 0.1) is 19.7 Å². The van der Waals surface area contributed by atoms with E-state index in [0.29, 0.717) is 13.1 Å². The highest BCUT2D eigenvalue weighted by molar-refractivity contribution is 5.85. The lowest BCUT2D eigenvalue weighted by Crippen LogP contribution is -2.48. The Hall–Kier alpha value is -1.31. The van der Waals surface area contributed by atoms with Gasteiger partial charge in [0.1, 0.15) is 5.75 Å². The SMILES string of the molecule is COc1cccc(NC2CCN(C(=O)C3CC(F)(F)CN3)CC2)c1.Cl.Cl. The molecule has 2 aliphatic rings. The highest BCUT2D eigenvalue weighted by Crippen LogP contribution is 2.27. The predicted molar refractivity (Wildman–Crippen MR) is 102 cm³/mol. The van der Waals surface area contributed by atoms with Gasteiger partial charge in [0.25, 0.3) is 5.92 Å². The van der Waals surface area contributed by atoms with Crippen LogP contribution in [-0.4, -0.2) is 55.6 Å². The number of methoxy groups -OCH3 is 1. The number of amides is 1. The molecule has 2 aliphatic heterocycles. The first-order valence-corrected chi connectivity index (χ1v) is 8.27. The largest absolute Gasteiger partial charge is 0.497 e. The molecular formula is C17H25Cl2F2N3O2. The first-order chi connectivity index (χ1) is 11.5. The van der Waals surface area contributed by atoms with Crippen molar-refractivity contribution in [3.05, 3.63) is 24.3 Å². The van der Waals surface area contributed by atoms with Gasteiger partial charge < -0.3 is 15.0 Å². The number of alkyl halides is 2. The second-order valence-corrected chi connectivity index (χ2v) is 6.47. The summed E-state index contributed by atoms with van der Waals surface area (Å²) in [5.74, 6) is -2.18. The maximum absolute atomic E-state index is 13.2. The quantitative estimate of drug-likeness (QED) is 0.799. The Morgan fingerprint density at radius 1 is 1.31 bits per heavy atom. The molecule has 3 rings (SSSR count). The van der Waals surface area contributed by atoms with Crippen LogP contribution in [0.15, 0.2) is 24.3 Å². The predicted octanol–water partition coefficient (Wildman–Crippen LogP) is 2.94. The number of halogens is 4. The second kappa shape index (κ2) is 9.58. The molecule has 0 spiro atoms. The molecule has 1 atom stereocenters. The molecule has 5 nitrogen and oxygen atoms in total. The highest BCUT2D eigenvalue weighted by atomic mass is 35.5. The first kappa shape index (κ1) is 22.7. The molecule has 26 heavy (non-hydrogen) atoms. The number of hydrogen-bond donors (Lipinski definition) is 2. The van der Waals surface area contributed by atoms with Gasteiger partial charge in [0.15, 0.2) is 0 Å². The lowest BCUT2D eigenvalue weighted by atomic mass is 10.0. The lowest BCUT2D eigenvalue weighted by Gasteiger charge is -2.34. The van der Waals surface area contributed by atoms with Crippen LogP contribution in [0.1, 0.15) is 19.3 Å². The summed E-state index contributed by atoms with van der Waals surface area (Å²) < 4.78 is 31.7. The number of likely N-dealkylation sites (tertiary alicyclic amines) is 1. The van der Waals surface area contributed by atoms with E-state index < -0.39 is 24.9 Å². The highest BCUT2D eigenvalue weighted by Gasteiger charge is 2.43. The number of anilines is 1. The van der Waals surface area contributed by atoms with Gasteiger partial charge in [0.2, 0.25) is 5.91 Å². The zero-order valence-corrected chi connectivity index (χ0v) is 16.2. The maximum Gasteiger partial charge on any atom is 0.262 e. The molecule has 0 saturated carbocycles. The van der Waals surface area contributed by atoms with Crippen LogP contribution >= 0.6 is 24.8 Å². The molecule has 1 aromatic carbocycles. The van der Waals surface area contributed by atoms with Gasteiger partial charge >= 0.3 is 0 Å². The third-order valence-corrected chi connectivity index (χ3v) is 4.66. The minimum absolute atomic E-state index is 0. The number of carbonyl (C=O) groups excluding carboxylic acids is 1. The third kappa shape index (κ3) is 5.59. The molecule has 1 aromatic rings. The monoisotopic (exact) mass is 411 g/mol. The average Bonchev–Trinajstić information content (AvgIpc) is 2.95. The third-order valence-electron chi connectivity index (χ3n) is 4.66. The number of hydrogen-bond acceptors (Lipinski definition) is 4. The van der Waals surface area contributed by atoms with Crippen molar-refractivity contribution in [3.8, 4) is 5.75 Å². The fourth-order valence-electron chi connectivity index (χ4n) is 3.30. The zero-order valence-electron chi connectivity index (χ0n) is 14.5. The molecule has 0 radical (unpaired) electrons. The first-order valence-electron chi connectivity index (χ1n) is 8.27. The molecular weight excluding hydrogens is 387 g/mol. The van der Waals surface area contributed by atoms with Gasteiger partial charge in [-0.15, -0.1) is 24.8 Å². The van der Waals surface area contributed by atoms with Gasteiger partial charge in [-0.25, -0.2) is 8.78 Å². The van der Waals surface area contributed by atoms with E-state index in [0.717, 1.165) is 24.3 Å². The Bertz CT molecular complexity index is 599. The number of nitrogens with zero attached hydrogens (tertiary/aromatic N) is 1. The van der Waals surface area contributed by atoms with E-state index in [-0.39, 0.29) is 36.8 Å². The maximum atomic E-state index is 13.2. The van der Waals surface area contributed by atoms with E-state index in [1.165, 1.54) is 0 Å². The summed E-state index contributed by atoms with van der Waals surface area (Å²) in [6, 6.07) is 7.23. The van der Waals surface area contributed by atoms with Crippen molar-refractivity contribution in [2.45, 2.75) is 37.3 Å².